The van der Waals surface area contributed by atoms with Crippen LogP contribution in [0.25, 0.3) is 10.2 Å². The van der Waals surface area contributed by atoms with Crippen LogP contribution in [0.4, 0.5) is 0 Å². The largest absolute Gasteiger partial charge is 0.323 e. The monoisotopic (exact) mass is 191 g/mol. The summed E-state index contributed by atoms with van der Waals surface area (Å²) < 4.78 is 0. The van der Waals surface area contributed by atoms with Crippen molar-refractivity contribution in [2.45, 2.75) is 18.9 Å². The minimum Gasteiger partial charge on any atom is -0.323 e. The van der Waals surface area contributed by atoms with E-state index in [1.54, 1.807) is 17.7 Å². The first-order valence-corrected chi connectivity index (χ1v) is 5.15. The summed E-state index contributed by atoms with van der Waals surface area (Å²) in [5, 5.41) is 1.20. The average molecular weight is 191 g/mol. The van der Waals surface area contributed by atoms with E-state index in [1.165, 1.54) is 15.8 Å². The Labute approximate surface area is 79.6 Å². The second-order valence-electron chi connectivity index (χ2n) is 3.33. The van der Waals surface area contributed by atoms with Crippen molar-refractivity contribution in [2.75, 3.05) is 0 Å². The number of thiophene rings is 1. The van der Waals surface area contributed by atoms with Crippen molar-refractivity contribution in [1.29, 1.82) is 0 Å². The highest BCUT2D eigenvalue weighted by Gasteiger charge is 2.24. The molecule has 0 fully saturated rings. The van der Waals surface area contributed by atoms with Gasteiger partial charge in [0.15, 0.2) is 0 Å². The lowest BCUT2D eigenvalue weighted by Crippen LogP contribution is -2.02. The van der Waals surface area contributed by atoms with Crippen molar-refractivity contribution in [2.24, 2.45) is 5.73 Å². The highest BCUT2D eigenvalue weighted by atomic mass is 32.1. The van der Waals surface area contributed by atoms with Crippen LogP contribution < -0.4 is 5.73 Å². The summed E-state index contributed by atoms with van der Waals surface area (Å²) in [5.74, 6) is 0. The van der Waals surface area contributed by atoms with Crippen LogP contribution in [0.2, 0.25) is 0 Å². The maximum absolute atomic E-state index is 5.97. The van der Waals surface area contributed by atoms with Gasteiger partial charge < -0.3 is 5.73 Å². The lowest BCUT2D eigenvalue weighted by Gasteiger charge is -1.96. The molecule has 3 nitrogen and oxygen atoms in total. The quantitative estimate of drug-likeness (QED) is 0.688. The molecule has 0 aromatic carbocycles. The van der Waals surface area contributed by atoms with Gasteiger partial charge in [0.05, 0.1) is 0 Å². The van der Waals surface area contributed by atoms with Gasteiger partial charge in [-0.25, -0.2) is 9.97 Å². The molecule has 2 aromatic rings. The maximum atomic E-state index is 5.97. The number of rotatable bonds is 0. The Bertz CT molecular complexity index is 463. The predicted molar refractivity (Wildman–Crippen MR) is 52.7 cm³/mol. The third kappa shape index (κ3) is 0.927. The van der Waals surface area contributed by atoms with E-state index in [0.29, 0.717) is 0 Å². The predicted octanol–water partition coefficient (Wildman–Crippen LogP) is 1.64. The molecule has 0 saturated heterocycles. The second-order valence-corrected chi connectivity index (χ2v) is 4.36. The van der Waals surface area contributed by atoms with Crippen LogP contribution in [0.1, 0.15) is 22.9 Å². The molecule has 1 atom stereocenters. The molecule has 2 N–H and O–H groups in total. The second kappa shape index (κ2) is 2.49. The first-order valence-electron chi connectivity index (χ1n) is 4.33. The minimum absolute atomic E-state index is 0.231. The molecule has 66 valence electrons. The molecule has 2 heterocycles. The van der Waals surface area contributed by atoms with E-state index >= 15 is 0 Å². The summed E-state index contributed by atoms with van der Waals surface area (Å²) in [6, 6.07) is 0.231. The first kappa shape index (κ1) is 7.41. The van der Waals surface area contributed by atoms with Gasteiger partial charge >= 0.3 is 0 Å². The standard InChI is InChI=1S/C9H9N3S/c10-7-2-1-5-6-3-11-4-12-9(6)13-8(5)7/h3-4,7H,1-2,10H2. The van der Waals surface area contributed by atoms with Crippen molar-refractivity contribution < 1.29 is 0 Å². The lowest BCUT2D eigenvalue weighted by atomic mass is 10.2. The molecule has 0 radical (unpaired) electrons. The molecule has 3 rings (SSSR count). The molecule has 1 aliphatic carbocycles. The molecule has 0 amide bonds. The van der Waals surface area contributed by atoms with Gasteiger partial charge in [0.2, 0.25) is 0 Å². The highest BCUT2D eigenvalue weighted by Crippen LogP contribution is 2.40. The molecule has 13 heavy (non-hydrogen) atoms. The summed E-state index contributed by atoms with van der Waals surface area (Å²) in [6.45, 7) is 0. The van der Waals surface area contributed by atoms with Crippen molar-refractivity contribution in [1.82, 2.24) is 9.97 Å². The molecular weight excluding hydrogens is 182 g/mol. The van der Waals surface area contributed by atoms with Gasteiger partial charge in [0.1, 0.15) is 11.2 Å². The molecule has 4 heteroatoms. The van der Waals surface area contributed by atoms with Crippen LogP contribution in [0, 0.1) is 0 Å². The molecular formula is C9H9N3S. The molecule has 2 aromatic heterocycles. The molecule has 0 bridgehead atoms. The zero-order valence-corrected chi connectivity index (χ0v) is 7.84. The number of hydrogen-bond acceptors (Lipinski definition) is 4. The fourth-order valence-corrected chi connectivity index (χ4v) is 3.09. The Morgan fingerprint density at radius 2 is 2.46 bits per heavy atom. The SMILES string of the molecule is NC1CCc2c1sc1ncncc21. The van der Waals surface area contributed by atoms with E-state index in [-0.39, 0.29) is 6.04 Å². The molecule has 0 spiro atoms. The van der Waals surface area contributed by atoms with Crippen LogP contribution in [0.15, 0.2) is 12.5 Å². The first-order chi connectivity index (χ1) is 6.36. The van der Waals surface area contributed by atoms with Crippen LogP contribution in [0.3, 0.4) is 0 Å². The summed E-state index contributed by atoms with van der Waals surface area (Å²) >= 11 is 1.72. The van der Waals surface area contributed by atoms with Gasteiger partial charge in [-0.1, -0.05) is 0 Å². The number of nitrogens with two attached hydrogens (primary N) is 1. The normalized spacial score (nSPS) is 20.8. The van der Waals surface area contributed by atoms with Crippen LogP contribution in [0.5, 0.6) is 0 Å². The zero-order valence-electron chi connectivity index (χ0n) is 7.03. The lowest BCUT2D eigenvalue weighted by molar-refractivity contribution is 0.721. The van der Waals surface area contributed by atoms with E-state index in [9.17, 15) is 0 Å². The average Bonchev–Trinajstić information content (AvgIpc) is 2.67. The fraction of sp³-hybridized carbons (Fsp3) is 0.333. The molecule has 1 unspecified atom stereocenters. The zero-order chi connectivity index (χ0) is 8.84. The minimum atomic E-state index is 0.231. The van der Waals surface area contributed by atoms with E-state index in [0.717, 1.165) is 17.7 Å². The van der Waals surface area contributed by atoms with Gasteiger partial charge in [0.25, 0.3) is 0 Å². The van der Waals surface area contributed by atoms with E-state index < -0.39 is 0 Å². The Balaban J connectivity index is 2.38. The van der Waals surface area contributed by atoms with Crippen LogP contribution in [-0.4, -0.2) is 9.97 Å². The smallest absolute Gasteiger partial charge is 0.127 e. The maximum Gasteiger partial charge on any atom is 0.127 e. The van der Waals surface area contributed by atoms with Gasteiger partial charge in [0, 0.05) is 22.5 Å². The van der Waals surface area contributed by atoms with Crippen molar-refractivity contribution in [3.8, 4) is 0 Å². The highest BCUT2D eigenvalue weighted by molar-refractivity contribution is 7.19. The summed E-state index contributed by atoms with van der Waals surface area (Å²) in [6.07, 6.45) is 5.66. The van der Waals surface area contributed by atoms with Gasteiger partial charge in [-0.2, -0.15) is 0 Å². The van der Waals surface area contributed by atoms with Crippen molar-refractivity contribution in [3.63, 3.8) is 0 Å². The van der Waals surface area contributed by atoms with Crippen LogP contribution in [-0.2, 0) is 6.42 Å². The van der Waals surface area contributed by atoms with Gasteiger partial charge in [-0.3, -0.25) is 0 Å². The number of nitrogens with zero attached hydrogens (tertiary/aromatic N) is 2. The third-order valence-corrected chi connectivity index (χ3v) is 3.83. The number of aromatic nitrogens is 2. The van der Waals surface area contributed by atoms with E-state index in [1.807, 2.05) is 6.20 Å². The fourth-order valence-electron chi connectivity index (χ4n) is 1.89. The number of fused-ring (bicyclic) bond motifs is 3. The van der Waals surface area contributed by atoms with Crippen molar-refractivity contribution in [3.05, 3.63) is 23.0 Å². The third-order valence-electron chi connectivity index (χ3n) is 2.55. The van der Waals surface area contributed by atoms with E-state index in [4.69, 9.17) is 5.73 Å². The Morgan fingerprint density at radius 3 is 3.38 bits per heavy atom. The Hall–Kier alpha value is -1.00. The Morgan fingerprint density at radius 1 is 1.54 bits per heavy atom. The van der Waals surface area contributed by atoms with E-state index in [2.05, 4.69) is 9.97 Å². The Kier molecular flexibility index (Phi) is 1.42. The summed E-state index contributed by atoms with van der Waals surface area (Å²) in [7, 11) is 0. The van der Waals surface area contributed by atoms with Crippen molar-refractivity contribution >= 4 is 21.6 Å². The molecule has 0 aliphatic heterocycles. The molecule has 0 saturated carbocycles. The topological polar surface area (TPSA) is 51.8 Å². The van der Waals surface area contributed by atoms with Gasteiger partial charge in [-0.05, 0) is 18.4 Å². The molecule has 1 aliphatic rings. The summed E-state index contributed by atoms with van der Waals surface area (Å²) in [5.41, 5.74) is 7.35. The number of aryl methyl sites for hydroxylation is 1. The number of hydrogen-bond donors (Lipinski definition) is 1. The van der Waals surface area contributed by atoms with Gasteiger partial charge in [-0.15, -0.1) is 11.3 Å². The summed E-state index contributed by atoms with van der Waals surface area (Å²) in [4.78, 5) is 10.7. The van der Waals surface area contributed by atoms with Crippen LogP contribution >= 0.6 is 11.3 Å².